The topological polar surface area (TPSA) is 145 Å². The van der Waals surface area contributed by atoms with Crippen molar-refractivity contribution < 1.29 is 14.4 Å². The number of carbonyl (C=O) groups excluding carboxylic acids is 3. The van der Waals surface area contributed by atoms with E-state index in [1.165, 1.54) is 0 Å². The Hall–Kier alpha value is -6.87. The molecule has 0 bridgehead atoms. The number of nitrogens with zero attached hydrogens (tertiary/aromatic N) is 6. The highest BCUT2D eigenvalue weighted by Gasteiger charge is 2.30. The van der Waals surface area contributed by atoms with Crippen LogP contribution in [-0.4, -0.2) is 52.8 Å². The fraction of sp³-hybridized carbons (Fsp3) is 0.214. The lowest BCUT2D eigenvalue weighted by Crippen LogP contribution is -2.39. The molecular weight excluding hydrogens is 681 g/mol. The minimum absolute atomic E-state index is 0.0522. The quantitative estimate of drug-likeness (QED) is 0.177. The summed E-state index contributed by atoms with van der Waals surface area (Å²) in [6, 6.07) is 19.5. The number of nitrogens with one attached hydrogen (secondary N) is 2. The van der Waals surface area contributed by atoms with Gasteiger partial charge in [0.15, 0.2) is 0 Å². The number of imide groups is 1. The van der Waals surface area contributed by atoms with E-state index in [9.17, 15) is 19.2 Å². The zero-order valence-corrected chi connectivity index (χ0v) is 30.2. The summed E-state index contributed by atoms with van der Waals surface area (Å²) in [6.45, 7) is 4.38. The number of pyridine rings is 3. The number of fused-ring (bicyclic) bond motifs is 3. The van der Waals surface area contributed by atoms with Crippen molar-refractivity contribution in [2.45, 2.75) is 38.5 Å². The third kappa shape index (κ3) is 6.09. The summed E-state index contributed by atoms with van der Waals surface area (Å²) in [7, 11) is 3.62. The zero-order valence-electron chi connectivity index (χ0n) is 30.2. The molecule has 54 heavy (non-hydrogen) atoms. The van der Waals surface area contributed by atoms with Crippen LogP contribution >= 0.6 is 0 Å². The molecule has 8 rings (SSSR count). The molecule has 1 atom stereocenters. The van der Waals surface area contributed by atoms with E-state index in [0.29, 0.717) is 23.3 Å². The van der Waals surface area contributed by atoms with Gasteiger partial charge in [0.25, 0.3) is 5.91 Å². The van der Waals surface area contributed by atoms with E-state index >= 15 is 0 Å². The molecule has 7 aromatic rings. The SMILES string of the molecule is CC(C)c1cc(-c2cccc3cc(-c4ccc(C(=O)NCC#Cc5ccc6ncc(C7CCC(=O)NC7=O)n6c5)nc4)ncc23)cc2c1n(C)c(=O)n2C. The molecule has 3 amide bonds. The molecule has 1 aliphatic heterocycles. The van der Waals surface area contributed by atoms with Crippen LogP contribution in [0.5, 0.6) is 0 Å². The van der Waals surface area contributed by atoms with Gasteiger partial charge in [0.05, 0.1) is 34.9 Å². The van der Waals surface area contributed by atoms with Crippen LogP contribution in [0, 0.1) is 11.8 Å². The second-order valence-corrected chi connectivity index (χ2v) is 13.8. The molecule has 1 unspecified atom stereocenters. The standard InChI is InChI=1S/C42H36N8O4/c1-24(2)31-17-28(19-35-39(31)49(4)42(54)48(35)3)29-9-5-8-26-18-34(45-21-32(26)29)27-11-13-33(44-20-27)41(53)43-16-6-7-25-10-14-37-46-22-36(50(37)23-25)30-12-15-38(51)47-40(30)52/h5,8-11,13-14,17-24,30H,12,15-16H2,1-4H3,(H,43,53)(H,47,51,52). The van der Waals surface area contributed by atoms with E-state index in [1.54, 1.807) is 40.8 Å². The molecule has 5 aromatic heterocycles. The highest BCUT2D eigenvalue weighted by Crippen LogP contribution is 2.35. The monoisotopic (exact) mass is 716 g/mol. The molecule has 0 saturated carbocycles. The van der Waals surface area contributed by atoms with E-state index in [2.05, 4.69) is 64.5 Å². The van der Waals surface area contributed by atoms with Gasteiger partial charge in [-0.1, -0.05) is 43.9 Å². The molecule has 1 aliphatic rings. The number of aromatic nitrogens is 6. The van der Waals surface area contributed by atoms with Crippen LogP contribution in [0.15, 0.2) is 90.2 Å². The number of piperidine rings is 1. The number of amides is 3. The summed E-state index contributed by atoms with van der Waals surface area (Å²) >= 11 is 0. The van der Waals surface area contributed by atoms with E-state index in [1.807, 2.05) is 54.0 Å². The third-order valence-corrected chi connectivity index (χ3v) is 10.1. The lowest BCUT2D eigenvalue weighted by molar-refractivity contribution is -0.134. The first kappa shape index (κ1) is 34.2. The highest BCUT2D eigenvalue weighted by molar-refractivity contribution is 6.01. The van der Waals surface area contributed by atoms with Gasteiger partial charge in [-0.05, 0) is 76.9 Å². The van der Waals surface area contributed by atoms with E-state index < -0.39 is 5.92 Å². The van der Waals surface area contributed by atoms with Gasteiger partial charge in [0.1, 0.15) is 11.3 Å². The van der Waals surface area contributed by atoms with Crippen molar-refractivity contribution in [3.8, 4) is 34.2 Å². The van der Waals surface area contributed by atoms with Crippen molar-refractivity contribution in [3.05, 3.63) is 118 Å². The maximum absolute atomic E-state index is 12.9. The van der Waals surface area contributed by atoms with E-state index in [-0.39, 0.29) is 48.0 Å². The van der Waals surface area contributed by atoms with Crippen LogP contribution in [0.25, 0.3) is 49.8 Å². The predicted molar refractivity (Wildman–Crippen MR) is 206 cm³/mol. The molecule has 2 N–H and O–H groups in total. The Morgan fingerprint density at radius 2 is 1.80 bits per heavy atom. The maximum Gasteiger partial charge on any atom is 0.328 e. The number of aryl methyl sites for hydroxylation is 2. The molecule has 1 saturated heterocycles. The number of carbonyl (C=O) groups is 3. The molecule has 0 radical (unpaired) electrons. The van der Waals surface area contributed by atoms with Crippen LogP contribution in [-0.2, 0) is 23.7 Å². The molecule has 0 spiro atoms. The largest absolute Gasteiger partial charge is 0.340 e. The van der Waals surface area contributed by atoms with Crippen LogP contribution in [0.4, 0.5) is 0 Å². The fourth-order valence-corrected chi connectivity index (χ4v) is 7.21. The molecule has 12 heteroatoms. The van der Waals surface area contributed by atoms with Crippen LogP contribution < -0.4 is 16.3 Å². The normalized spacial score (nSPS) is 14.4. The Bertz CT molecular complexity index is 2800. The summed E-state index contributed by atoms with van der Waals surface area (Å²) in [4.78, 5) is 63.3. The Kier molecular flexibility index (Phi) is 8.62. The smallest absolute Gasteiger partial charge is 0.328 e. The zero-order chi connectivity index (χ0) is 37.7. The Morgan fingerprint density at radius 3 is 2.57 bits per heavy atom. The third-order valence-electron chi connectivity index (χ3n) is 10.1. The van der Waals surface area contributed by atoms with Gasteiger partial charge < -0.3 is 9.72 Å². The van der Waals surface area contributed by atoms with Gasteiger partial charge in [0, 0.05) is 61.8 Å². The van der Waals surface area contributed by atoms with Crippen molar-refractivity contribution >= 4 is 45.2 Å². The molecule has 6 heterocycles. The molecule has 1 fully saturated rings. The maximum atomic E-state index is 12.9. The van der Waals surface area contributed by atoms with Gasteiger partial charge in [-0.3, -0.25) is 38.8 Å². The number of hydrogen-bond donors (Lipinski definition) is 2. The van der Waals surface area contributed by atoms with Gasteiger partial charge in [-0.2, -0.15) is 0 Å². The summed E-state index contributed by atoms with van der Waals surface area (Å²) in [5.74, 6) is 4.82. The van der Waals surface area contributed by atoms with Crippen LogP contribution in [0.2, 0.25) is 0 Å². The van der Waals surface area contributed by atoms with Gasteiger partial charge in [0.2, 0.25) is 11.8 Å². The van der Waals surface area contributed by atoms with Gasteiger partial charge >= 0.3 is 5.69 Å². The van der Waals surface area contributed by atoms with Gasteiger partial charge in [-0.25, -0.2) is 9.78 Å². The first-order chi connectivity index (χ1) is 26.1. The van der Waals surface area contributed by atoms with Crippen molar-refractivity contribution in [3.63, 3.8) is 0 Å². The van der Waals surface area contributed by atoms with Crippen molar-refractivity contribution in [1.82, 2.24) is 39.1 Å². The summed E-state index contributed by atoms with van der Waals surface area (Å²) in [6.07, 6.45) is 7.65. The first-order valence-electron chi connectivity index (χ1n) is 17.7. The summed E-state index contributed by atoms with van der Waals surface area (Å²) in [5.41, 5.74) is 8.75. The first-order valence-corrected chi connectivity index (χ1v) is 17.7. The van der Waals surface area contributed by atoms with Crippen LogP contribution in [0.3, 0.4) is 0 Å². The number of imidazole rings is 2. The molecular formula is C42H36N8O4. The highest BCUT2D eigenvalue weighted by atomic mass is 16.2. The average Bonchev–Trinajstić information content (AvgIpc) is 3.69. The van der Waals surface area contributed by atoms with Crippen molar-refractivity contribution in [2.24, 2.45) is 14.1 Å². The Labute approximate surface area is 309 Å². The second kappa shape index (κ2) is 13.6. The lowest BCUT2D eigenvalue weighted by Gasteiger charge is -2.20. The average molecular weight is 717 g/mol. The van der Waals surface area contributed by atoms with Crippen LogP contribution in [0.1, 0.15) is 65.8 Å². The summed E-state index contributed by atoms with van der Waals surface area (Å²) < 4.78 is 5.23. The molecule has 268 valence electrons. The number of hydrogen-bond acceptors (Lipinski definition) is 7. The van der Waals surface area contributed by atoms with E-state index in [4.69, 9.17) is 4.98 Å². The fourth-order valence-electron chi connectivity index (χ4n) is 7.21. The van der Waals surface area contributed by atoms with E-state index in [0.717, 1.165) is 49.8 Å². The number of rotatable bonds is 6. The predicted octanol–water partition coefficient (Wildman–Crippen LogP) is 5.23. The molecule has 0 aliphatic carbocycles. The minimum Gasteiger partial charge on any atom is -0.340 e. The van der Waals surface area contributed by atoms with Crippen molar-refractivity contribution in [2.75, 3.05) is 6.54 Å². The second-order valence-electron chi connectivity index (χ2n) is 13.8. The van der Waals surface area contributed by atoms with Crippen molar-refractivity contribution in [1.29, 1.82) is 0 Å². The Balaban J connectivity index is 0.968. The Morgan fingerprint density at radius 1 is 0.944 bits per heavy atom. The molecule has 2 aromatic carbocycles. The lowest BCUT2D eigenvalue weighted by atomic mass is 9.93. The number of benzene rings is 2. The summed E-state index contributed by atoms with van der Waals surface area (Å²) in [5, 5.41) is 7.18. The molecule has 12 nitrogen and oxygen atoms in total. The minimum atomic E-state index is -0.470. The van der Waals surface area contributed by atoms with Gasteiger partial charge in [-0.15, -0.1) is 0 Å².